The third-order valence-electron chi connectivity index (χ3n) is 11.1. The van der Waals surface area contributed by atoms with Crippen LogP contribution in [0.3, 0.4) is 0 Å². The fraction of sp³-hybridized carbons (Fsp3) is 0. The summed E-state index contributed by atoms with van der Waals surface area (Å²) in [5, 5.41) is 6.40. The van der Waals surface area contributed by atoms with Crippen molar-refractivity contribution in [3.05, 3.63) is 182 Å². The van der Waals surface area contributed by atoms with E-state index in [0.29, 0.717) is 17.5 Å². The standard InChI is InChI=1S/C51H30N4O2/c1-3-15-31(16-4-1)49-52-50(32-17-5-2-6-18-32)54-51(53-49)38-23-14-28-45-47(38)40-30-33(55-41-24-10-7-19-34(41)35-20-8-11-25-42(35)55)29-39(48(40)57-45)36-22-13-27-44-46(36)37-21-9-12-26-43(37)56-44/h1-30H. The number of benzene rings is 8. The molecule has 0 N–H and O–H groups in total. The number of para-hydroxylation sites is 3. The van der Waals surface area contributed by atoms with Crippen molar-refractivity contribution < 1.29 is 8.83 Å². The Kier molecular flexibility index (Phi) is 6.83. The lowest BCUT2D eigenvalue weighted by molar-refractivity contribution is 0.668. The molecule has 0 aliphatic heterocycles. The summed E-state index contributed by atoms with van der Waals surface area (Å²) in [6.45, 7) is 0. The van der Waals surface area contributed by atoms with Crippen LogP contribution in [0, 0.1) is 0 Å². The fourth-order valence-corrected chi connectivity index (χ4v) is 8.56. The number of rotatable bonds is 5. The van der Waals surface area contributed by atoms with Gasteiger partial charge in [0.15, 0.2) is 17.5 Å². The Labute approximate surface area is 325 Å². The average Bonchev–Trinajstić information content (AvgIpc) is 3.96. The van der Waals surface area contributed by atoms with Crippen molar-refractivity contribution in [3.8, 4) is 51.0 Å². The molecule has 266 valence electrons. The van der Waals surface area contributed by atoms with Crippen LogP contribution >= 0.6 is 0 Å². The van der Waals surface area contributed by atoms with Gasteiger partial charge in [-0.1, -0.05) is 140 Å². The van der Waals surface area contributed by atoms with Crippen LogP contribution in [0.5, 0.6) is 0 Å². The average molecular weight is 731 g/mol. The lowest BCUT2D eigenvalue weighted by Crippen LogP contribution is -2.00. The molecule has 0 fully saturated rings. The second kappa shape index (κ2) is 12.3. The topological polar surface area (TPSA) is 69.9 Å². The van der Waals surface area contributed by atoms with Crippen molar-refractivity contribution >= 4 is 65.7 Å². The van der Waals surface area contributed by atoms with Gasteiger partial charge in [-0.3, -0.25) is 0 Å². The van der Waals surface area contributed by atoms with Gasteiger partial charge in [-0.2, -0.15) is 0 Å². The zero-order chi connectivity index (χ0) is 37.5. The Morgan fingerprint density at radius 3 is 1.53 bits per heavy atom. The van der Waals surface area contributed by atoms with Gasteiger partial charge in [0.25, 0.3) is 0 Å². The molecule has 0 aliphatic rings. The molecule has 0 radical (unpaired) electrons. The van der Waals surface area contributed by atoms with Crippen molar-refractivity contribution in [1.29, 1.82) is 0 Å². The smallest absolute Gasteiger partial charge is 0.164 e. The van der Waals surface area contributed by atoms with E-state index in [4.69, 9.17) is 23.8 Å². The molecule has 12 aromatic rings. The molecule has 4 aromatic heterocycles. The van der Waals surface area contributed by atoms with Crippen molar-refractivity contribution in [2.24, 2.45) is 0 Å². The van der Waals surface area contributed by atoms with Crippen LogP contribution in [0.4, 0.5) is 0 Å². The third kappa shape index (κ3) is 4.87. The summed E-state index contributed by atoms with van der Waals surface area (Å²) in [5.74, 6) is 1.78. The zero-order valence-electron chi connectivity index (χ0n) is 30.4. The highest BCUT2D eigenvalue weighted by Gasteiger charge is 2.24. The largest absolute Gasteiger partial charge is 0.456 e. The van der Waals surface area contributed by atoms with E-state index in [1.54, 1.807) is 0 Å². The van der Waals surface area contributed by atoms with E-state index >= 15 is 0 Å². The van der Waals surface area contributed by atoms with Crippen LogP contribution in [0.25, 0.3) is 117 Å². The lowest BCUT2D eigenvalue weighted by atomic mass is 9.96. The third-order valence-corrected chi connectivity index (χ3v) is 11.1. The molecule has 0 unspecified atom stereocenters. The van der Waals surface area contributed by atoms with E-state index in [9.17, 15) is 0 Å². The van der Waals surface area contributed by atoms with Crippen molar-refractivity contribution in [1.82, 2.24) is 19.5 Å². The molecule has 0 saturated carbocycles. The summed E-state index contributed by atoms with van der Waals surface area (Å²) < 4.78 is 15.8. The Balaban J connectivity index is 1.21. The van der Waals surface area contributed by atoms with Gasteiger partial charge in [0.2, 0.25) is 0 Å². The summed E-state index contributed by atoms with van der Waals surface area (Å²) in [7, 11) is 0. The van der Waals surface area contributed by atoms with Gasteiger partial charge in [0.05, 0.1) is 11.0 Å². The van der Waals surface area contributed by atoms with Crippen LogP contribution in [0.15, 0.2) is 191 Å². The molecule has 0 aliphatic carbocycles. The first-order valence-corrected chi connectivity index (χ1v) is 19.0. The summed E-state index contributed by atoms with van der Waals surface area (Å²) in [5.41, 5.74) is 11.2. The van der Waals surface area contributed by atoms with Crippen LogP contribution in [0.1, 0.15) is 0 Å². The van der Waals surface area contributed by atoms with E-state index in [2.05, 4.69) is 95.6 Å². The number of fused-ring (bicyclic) bond motifs is 9. The summed E-state index contributed by atoms with van der Waals surface area (Å²) in [4.78, 5) is 15.3. The van der Waals surface area contributed by atoms with E-state index in [0.717, 1.165) is 88.4 Å². The first kappa shape index (κ1) is 31.5. The first-order valence-electron chi connectivity index (χ1n) is 19.0. The highest BCUT2D eigenvalue weighted by atomic mass is 16.3. The minimum Gasteiger partial charge on any atom is -0.456 e. The summed E-state index contributed by atoms with van der Waals surface area (Å²) in [6, 6.07) is 62.6. The SMILES string of the molecule is c1ccc(-c2nc(-c3ccccc3)nc(-c3cccc4oc5c(-c6cccc7oc8ccccc8c67)cc(-n6c7ccccc7c7ccccc76)cc5c34)n2)cc1. The highest BCUT2D eigenvalue weighted by molar-refractivity contribution is 6.20. The van der Waals surface area contributed by atoms with E-state index in [1.165, 1.54) is 10.8 Å². The minimum atomic E-state index is 0.572. The first-order chi connectivity index (χ1) is 28.3. The summed E-state index contributed by atoms with van der Waals surface area (Å²) >= 11 is 0. The molecule has 0 spiro atoms. The molecule has 0 saturated heterocycles. The molecule has 6 nitrogen and oxygen atoms in total. The Morgan fingerprint density at radius 1 is 0.351 bits per heavy atom. The quantitative estimate of drug-likeness (QED) is 0.176. The van der Waals surface area contributed by atoms with E-state index in [1.807, 2.05) is 91.0 Å². The maximum absolute atomic E-state index is 7.00. The van der Waals surface area contributed by atoms with Crippen LogP contribution in [0.2, 0.25) is 0 Å². The van der Waals surface area contributed by atoms with Gasteiger partial charge in [0, 0.05) is 60.3 Å². The number of furan rings is 2. The molecule has 6 heteroatoms. The summed E-state index contributed by atoms with van der Waals surface area (Å²) in [6.07, 6.45) is 0. The van der Waals surface area contributed by atoms with Gasteiger partial charge >= 0.3 is 0 Å². The maximum atomic E-state index is 7.00. The Hall–Kier alpha value is -7.83. The predicted molar refractivity (Wildman–Crippen MR) is 230 cm³/mol. The highest BCUT2D eigenvalue weighted by Crippen LogP contribution is 2.46. The maximum Gasteiger partial charge on any atom is 0.164 e. The zero-order valence-corrected chi connectivity index (χ0v) is 30.4. The van der Waals surface area contributed by atoms with Crippen LogP contribution in [-0.4, -0.2) is 19.5 Å². The lowest BCUT2D eigenvalue weighted by Gasteiger charge is -2.13. The number of nitrogens with zero attached hydrogens (tertiary/aromatic N) is 4. The Morgan fingerprint density at radius 2 is 0.860 bits per heavy atom. The Bertz CT molecular complexity index is 3410. The van der Waals surface area contributed by atoms with Gasteiger partial charge in [0.1, 0.15) is 22.3 Å². The molecule has 12 rings (SSSR count). The number of aromatic nitrogens is 4. The normalized spacial score (nSPS) is 11.9. The molecule has 0 amide bonds. The molecule has 0 atom stereocenters. The van der Waals surface area contributed by atoms with Gasteiger partial charge in [-0.15, -0.1) is 0 Å². The molecule has 8 aromatic carbocycles. The fourth-order valence-electron chi connectivity index (χ4n) is 8.56. The van der Waals surface area contributed by atoms with Crippen LogP contribution < -0.4 is 0 Å². The minimum absolute atomic E-state index is 0.572. The van der Waals surface area contributed by atoms with Crippen molar-refractivity contribution in [2.75, 3.05) is 0 Å². The molecule has 4 heterocycles. The van der Waals surface area contributed by atoms with Crippen molar-refractivity contribution in [3.63, 3.8) is 0 Å². The molecular weight excluding hydrogens is 701 g/mol. The van der Waals surface area contributed by atoms with Gasteiger partial charge < -0.3 is 13.4 Å². The molecule has 0 bridgehead atoms. The second-order valence-corrected chi connectivity index (χ2v) is 14.3. The van der Waals surface area contributed by atoms with Gasteiger partial charge in [-0.05, 0) is 48.0 Å². The molecular formula is C51H30N4O2. The monoisotopic (exact) mass is 730 g/mol. The van der Waals surface area contributed by atoms with E-state index < -0.39 is 0 Å². The van der Waals surface area contributed by atoms with Crippen LogP contribution in [-0.2, 0) is 0 Å². The van der Waals surface area contributed by atoms with E-state index in [-0.39, 0.29) is 0 Å². The second-order valence-electron chi connectivity index (χ2n) is 14.3. The molecule has 57 heavy (non-hydrogen) atoms. The van der Waals surface area contributed by atoms with Gasteiger partial charge in [-0.25, -0.2) is 15.0 Å². The van der Waals surface area contributed by atoms with Crippen molar-refractivity contribution in [2.45, 2.75) is 0 Å². The predicted octanol–water partition coefficient (Wildman–Crippen LogP) is 13.4. The number of hydrogen-bond acceptors (Lipinski definition) is 5. The number of hydrogen-bond donors (Lipinski definition) is 0.